The van der Waals surface area contributed by atoms with Gasteiger partial charge in [0.1, 0.15) is 5.84 Å². The zero-order valence-corrected chi connectivity index (χ0v) is 7.10. The van der Waals surface area contributed by atoms with Crippen LogP contribution in [0.1, 0.15) is 5.56 Å². The molecule has 0 heterocycles. The highest BCUT2D eigenvalue weighted by Crippen LogP contribution is 1.94. The fourth-order valence-corrected chi connectivity index (χ4v) is 0.618. The van der Waals surface area contributed by atoms with E-state index in [4.69, 9.17) is 11.1 Å². The second-order valence-corrected chi connectivity index (χ2v) is 1.78. The molecule has 0 amide bonds. The lowest BCUT2D eigenvalue weighted by Crippen LogP contribution is -2.10. The average Bonchev–Trinajstić information content (AvgIpc) is 2.10. The van der Waals surface area contributed by atoms with Crippen LogP contribution in [-0.2, 0) is 0 Å². The molecule has 1 aromatic carbocycles. The Kier molecular flexibility index (Phi) is 5.21. The quantitative estimate of drug-likeness (QED) is 0.377. The van der Waals surface area contributed by atoms with Crippen molar-refractivity contribution >= 4 is 17.4 Å². The van der Waals surface area contributed by atoms with Crippen LogP contribution >= 0.6 is 11.6 Å². The minimum absolute atomic E-state index is 0.121. The standard InChI is InChI=1S/C7H8N2.CH3Cl/c8-7(9)6-4-2-1-3-5-6;1-2/h1-5H,(H3,8,9);1H3. The van der Waals surface area contributed by atoms with Crippen molar-refractivity contribution < 1.29 is 0 Å². The molecule has 0 atom stereocenters. The fourth-order valence-electron chi connectivity index (χ4n) is 0.618. The van der Waals surface area contributed by atoms with Crippen LogP contribution in [0, 0.1) is 5.41 Å². The van der Waals surface area contributed by atoms with E-state index in [1.807, 2.05) is 30.3 Å². The molecule has 1 aromatic rings. The largest absolute Gasteiger partial charge is 0.384 e. The third-order valence-electron chi connectivity index (χ3n) is 1.08. The maximum absolute atomic E-state index is 7.01. The lowest BCUT2D eigenvalue weighted by atomic mass is 10.2. The van der Waals surface area contributed by atoms with Crippen molar-refractivity contribution in [2.24, 2.45) is 5.73 Å². The van der Waals surface area contributed by atoms with E-state index in [1.54, 1.807) is 0 Å². The molecule has 0 aliphatic rings. The summed E-state index contributed by atoms with van der Waals surface area (Å²) in [6, 6.07) is 9.23. The van der Waals surface area contributed by atoms with Gasteiger partial charge < -0.3 is 5.73 Å². The van der Waals surface area contributed by atoms with E-state index in [0.29, 0.717) is 0 Å². The molecule has 3 N–H and O–H groups in total. The first-order valence-corrected chi connectivity index (χ1v) is 3.83. The van der Waals surface area contributed by atoms with Crippen molar-refractivity contribution in [2.75, 3.05) is 6.38 Å². The molecule has 0 spiro atoms. The van der Waals surface area contributed by atoms with Gasteiger partial charge in [0.15, 0.2) is 0 Å². The molecule has 0 aliphatic heterocycles. The summed E-state index contributed by atoms with van der Waals surface area (Å²) in [5.74, 6) is 0.121. The molecule has 0 bridgehead atoms. The van der Waals surface area contributed by atoms with Gasteiger partial charge in [-0.3, -0.25) is 5.41 Å². The van der Waals surface area contributed by atoms with Crippen molar-refractivity contribution in [3.05, 3.63) is 35.9 Å². The monoisotopic (exact) mass is 170 g/mol. The Hall–Kier alpha value is -1.02. The van der Waals surface area contributed by atoms with Crippen LogP contribution in [0.4, 0.5) is 0 Å². The molecule has 0 fully saturated rings. The second kappa shape index (κ2) is 5.74. The van der Waals surface area contributed by atoms with Crippen molar-refractivity contribution in [1.29, 1.82) is 5.41 Å². The van der Waals surface area contributed by atoms with Gasteiger partial charge in [0.25, 0.3) is 0 Å². The van der Waals surface area contributed by atoms with Crippen molar-refractivity contribution in [1.82, 2.24) is 0 Å². The summed E-state index contributed by atoms with van der Waals surface area (Å²) in [5, 5.41) is 7.01. The van der Waals surface area contributed by atoms with Gasteiger partial charge in [-0.15, -0.1) is 11.6 Å². The first-order valence-electron chi connectivity index (χ1n) is 3.08. The van der Waals surface area contributed by atoms with E-state index >= 15 is 0 Å². The number of hydrogen-bond acceptors (Lipinski definition) is 1. The van der Waals surface area contributed by atoms with Crippen LogP contribution in [-0.4, -0.2) is 12.2 Å². The molecule has 2 nitrogen and oxygen atoms in total. The van der Waals surface area contributed by atoms with E-state index in [-0.39, 0.29) is 5.84 Å². The highest BCUT2D eigenvalue weighted by atomic mass is 35.5. The van der Waals surface area contributed by atoms with Crippen molar-refractivity contribution in [3.8, 4) is 0 Å². The van der Waals surface area contributed by atoms with Crippen LogP contribution in [0.2, 0.25) is 0 Å². The molecule has 0 saturated carbocycles. The van der Waals surface area contributed by atoms with Crippen LogP contribution in [0.25, 0.3) is 0 Å². The molecule has 60 valence electrons. The third-order valence-corrected chi connectivity index (χ3v) is 1.08. The number of hydrogen-bond donors (Lipinski definition) is 2. The number of rotatable bonds is 1. The summed E-state index contributed by atoms with van der Waals surface area (Å²) in [7, 11) is 0. The average molecular weight is 171 g/mol. The number of alkyl halides is 1. The Labute approximate surface area is 71.5 Å². The van der Waals surface area contributed by atoms with Crippen LogP contribution in [0.3, 0.4) is 0 Å². The molecule has 0 saturated heterocycles. The maximum Gasteiger partial charge on any atom is 0.122 e. The van der Waals surface area contributed by atoms with Gasteiger partial charge in [0.2, 0.25) is 0 Å². The van der Waals surface area contributed by atoms with E-state index in [1.165, 1.54) is 6.38 Å². The van der Waals surface area contributed by atoms with Crippen LogP contribution in [0.15, 0.2) is 30.3 Å². The highest BCUT2D eigenvalue weighted by molar-refractivity contribution is 6.15. The topological polar surface area (TPSA) is 49.9 Å². The number of amidine groups is 1. The summed E-state index contributed by atoms with van der Waals surface area (Å²) in [4.78, 5) is 0. The number of halogens is 1. The van der Waals surface area contributed by atoms with E-state index in [2.05, 4.69) is 11.6 Å². The van der Waals surface area contributed by atoms with Gasteiger partial charge in [0.05, 0.1) is 0 Å². The molecular formula is C8H11ClN2. The Morgan fingerprint density at radius 2 is 1.73 bits per heavy atom. The van der Waals surface area contributed by atoms with E-state index < -0.39 is 0 Å². The van der Waals surface area contributed by atoms with E-state index in [0.717, 1.165) is 5.56 Å². The van der Waals surface area contributed by atoms with Gasteiger partial charge in [-0.05, 0) is 0 Å². The van der Waals surface area contributed by atoms with E-state index in [9.17, 15) is 0 Å². The second-order valence-electron chi connectivity index (χ2n) is 1.78. The first kappa shape index (κ1) is 9.98. The normalized spacial score (nSPS) is 7.82. The van der Waals surface area contributed by atoms with Gasteiger partial charge in [-0.25, -0.2) is 0 Å². The highest BCUT2D eigenvalue weighted by Gasteiger charge is 1.89. The summed E-state index contributed by atoms with van der Waals surface area (Å²) in [5.41, 5.74) is 5.97. The zero-order chi connectivity index (χ0) is 8.69. The van der Waals surface area contributed by atoms with Gasteiger partial charge >= 0.3 is 0 Å². The number of nitrogens with one attached hydrogen (secondary N) is 1. The molecule has 1 rings (SSSR count). The van der Waals surface area contributed by atoms with Crippen molar-refractivity contribution in [3.63, 3.8) is 0 Å². The minimum Gasteiger partial charge on any atom is -0.384 e. The number of nitrogens with two attached hydrogens (primary N) is 1. The number of nitrogen functional groups attached to an aromatic ring is 1. The van der Waals surface area contributed by atoms with Crippen LogP contribution < -0.4 is 5.73 Å². The molecule has 0 aromatic heterocycles. The summed E-state index contributed by atoms with van der Waals surface area (Å²) < 4.78 is 0. The Morgan fingerprint density at radius 3 is 2.00 bits per heavy atom. The first-order chi connectivity index (χ1) is 5.30. The lowest BCUT2D eigenvalue weighted by Gasteiger charge is -1.93. The maximum atomic E-state index is 7.01. The minimum atomic E-state index is 0.121. The predicted octanol–water partition coefficient (Wildman–Crippen LogP) is 1.83. The van der Waals surface area contributed by atoms with Crippen LogP contribution in [0.5, 0.6) is 0 Å². The Bertz CT molecular complexity index is 209. The molecule has 0 radical (unpaired) electrons. The smallest absolute Gasteiger partial charge is 0.122 e. The van der Waals surface area contributed by atoms with Gasteiger partial charge in [-0.1, -0.05) is 30.3 Å². The lowest BCUT2D eigenvalue weighted by molar-refractivity contribution is 1.42. The summed E-state index contributed by atoms with van der Waals surface area (Å²) in [6.45, 7) is 0. The summed E-state index contributed by atoms with van der Waals surface area (Å²) in [6.07, 6.45) is 1.47. The Balaban J connectivity index is 0.000000461. The molecule has 3 heteroatoms. The SMILES string of the molecule is CCl.N=C(N)c1ccccc1. The van der Waals surface area contributed by atoms with Gasteiger partial charge in [-0.2, -0.15) is 0 Å². The number of benzene rings is 1. The van der Waals surface area contributed by atoms with Gasteiger partial charge in [0, 0.05) is 11.9 Å². The third kappa shape index (κ3) is 3.63. The summed E-state index contributed by atoms with van der Waals surface area (Å²) >= 11 is 4.64. The molecule has 0 unspecified atom stereocenters. The Morgan fingerprint density at radius 1 is 1.27 bits per heavy atom. The predicted molar refractivity (Wildman–Crippen MR) is 49.2 cm³/mol. The molecule has 11 heavy (non-hydrogen) atoms. The molecular weight excluding hydrogens is 160 g/mol. The molecule has 0 aliphatic carbocycles. The van der Waals surface area contributed by atoms with Crippen molar-refractivity contribution in [2.45, 2.75) is 0 Å². The fraction of sp³-hybridized carbons (Fsp3) is 0.125. The zero-order valence-electron chi connectivity index (χ0n) is 6.34.